The maximum absolute atomic E-state index is 13.8. The Labute approximate surface area is 343 Å². The second kappa shape index (κ2) is 19.8. The smallest absolute Gasteiger partial charge is 0.241 e. The highest BCUT2D eigenvalue weighted by Gasteiger charge is 2.33. The number of carbonyl (C=O) groups excluding carboxylic acids is 1. The van der Waals surface area contributed by atoms with Crippen molar-refractivity contribution in [1.82, 2.24) is 14.9 Å². The van der Waals surface area contributed by atoms with Crippen LogP contribution in [0.25, 0.3) is 11.1 Å². The lowest BCUT2D eigenvalue weighted by molar-refractivity contribution is -0.253. The molecule has 2 aliphatic heterocycles. The Balaban J connectivity index is 1.06. The molecule has 5 aromatic carbocycles. The van der Waals surface area contributed by atoms with E-state index in [9.17, 15) is 18.3 Å². The number of nitrogens with zero attached hydrogens (tertiary/aromatic N) is 1. The molecule has 3 N–H and O–H groups in total. The second-order valence-electron chi connectivity index (χ2n) is 15.6. The van der Waals surface area contributed by atoms with Gasteiger partial charge in [-0.05, 0) is 84.8 Å². The lowest BCUT2D eigenvalue weighted by Gasteiger charge is -2.39. The van der Waals surface area contributed by atoms with Crippen LogP contribution in [0, 0.1) is 6.92 Å². The van der Waals surface area contributed by atoms with Crippen LogP contribution in [0.2, 0.25) is 0 Å². The first kappa shape index (κ1) is 41.5. The fraction of sp³-hybridized carbons (Fsp3) is 0.354. The molecule has 7 rings (SSSR count). The van der Waals surface area contributed by atoms with Gasteiger partial charge in [-0.2, -0.15) is 4.72 Å². The van der Waals surface area contributed by atoms with Crippen LogP contribution in [0.3, 0.4) is 0 Å². The van der Waals surface area contributed by atoms with Crippen molar-refractivity contribution >= 4 is 15.9 Å². The molecule has 2 fully saturated rings. The molecule has 4 unspecified atom stereocenters. The van der Waals surface area contributed by atoms with Crippen molar-refractivity contribution in [2.45, 2.75) is 94.5 Å². The topological polar surface area (TPSA) is 117 Å². The SMILES string of the molecule is Cc1ccc(S(=O)(=O)NC(Cc2ccccc2)C(=O)NCc2ccccc2-c2ccc(C3OC(CN4CCCCCCC4)CC(c4ccc(CO)cc4)O3)cc2)cc1. The highest BCUT2D eigenvalue weighted by atomic mass is 32.2. The number of aliphatic hydroxyl groups is 1. The number of ether oxygens (including phenoxy) is 2. The van der Waals surface area contributed by atoms with Crippen LogP contribution in [0.1, 0.15) is 84.3 Å². The maximum atomic E-state index is 13.8. The Morgan fingerprint density at radius 2 is 1.41 bits per heavy atom. The molecule has 0 spiro atoms. The number of amides is 1. The van der Waals surface area contributed by atoms with E-state index < -0.39 is 28.3 Å². The Morgan fingerprint density at radius 3 is 2.12 bits per heavy atom. The summed E-state index contributed by atoms with van der Waals surface area (Å²) in [5, 5.41) is 12.7. The summed E-state index contributed by atoms with van der Waals surface area (Å²) in [6.07, 6.45) is 6.55. The second-order valence-corrected chi connectivity index (χ2v) is 17.3. The van der Waals surface area contributed by atoms with Gasteiger partial charge in [-0.15, -0.1) is 0 Å². The molecule has 0 aliphatic carbocycles. The molecule has 0 aromatic heterocycles. The van der Waals surface area contributed by atoms with Crippen molar-refractivity contribution in [2.75, 3.05) is 19.6 Å². The van der Waals surface area contributed by atoms with Gasteiger partial charge < -0.3 is 24.8 Å². The van der Waals surface area contributed by atoms with Crippen LogP contribution in [0.4, 0.5) is 0 Å². The summed E-state index contributed by atoms with van der Waals surface area (Å²) in [6, 6.07) is 39.1. The summed E-state index contributed by atoms with van der Waals surface area (Å²) in [5.74, 6) is -0.415. The van der Waals surface area contributed by atoms with Crippen molar-refractivity contribution in [3.8, 4) is 11.1 Å². The molecule has 2 heterocycles. The average molecular weight is 802 g/mol. The molecule has 2 saturated heterocycles. The summed E-state index contributed by atoms with van der Waals surface area (Å²) in [5.41, 5.74) is 7.48. The molecule has 1 amide bonds. The van der Waals surface area contributed by atoms with Crippen LogP contribution in [0.15, 0.2) is 132 Å². The summed E-state index contributed by atoms with van der Waals surface area (Å²) in [6.45, 7) is 5.15. The molecule has 0 saturated carbocycles. The zero-order valence-electron chi connectivity index (χ0n) is 33.3. The quantitative estimate of drug-likeness (QED) is 0.104. The van der Waals surface area contributed by atoms with Gasteiger partial charge in [-0.1, -0.05) is 140 Å². The molecule has 4 atom stereocenters. The van der Waals surface area contributed by atoms with Gasteiger partial charge in [0.25, 0.3) is 0 Å². The maximum Gasteiger partial charge on any atom is 0.241 e. The molecule has 5 aromatic rings. The van der Waals surface area contributed by atoms with E-state index in [1.807, 2.05) is 85.8 Å². The van der Waals surface area contributed by atoms with Crippen LogP contribution in [0.5, 0.6) is 0 Å². The summed E-state index contributed by atoms with van der Waals surface area (Å²) >= 11 is 0. The van der Waals surface area contributed by atoms with Gasteiger partial charge in [0.2, 0.25) is 15.9 Å². The van der Waals surface area contributed by atoms with E-state index in [1.54, 1.807) is 24.3 Å². The van der Waals surface area contributed by atoms with E-state index in [0.717, 1.165) is 70.6 Å². The Bertz CT molecular complexity index is 2170. The molecule has 0 bridgehead atoms. The van der Waals surface area contributed by atoms with Crippen LogP contribution >= 0.6 is 0 Å². The van der Waals surface area contributed by atoms with Gasteiger partial charge in [0.15, 0.2) is 6.29 Å². The van der Waals surface area contributed by atoms with Crippen molar-refractivity contribution < 1.29 is 27.8 Å². The average Bonchev–Trinajstić information content (AvgIpc) is 3.24. The Kier molecular flexibility index (Phi) is 14.2. The Hall–Kier alpha value is -4.68. The number of aliphatic hydroxyl groups excluding tert-OH is 1. The number of carbonyl (C=O) groups is 1. The van der Waals surface area contributed by atoms with Crippen molar-refractivity contribution in [2.24, 2.45) is 0 Å². The fourth-order valence-corrected chi connectivity index (χ4v) is 9.10. The minimum Gasteiger partial charge on any atom is -0.392 e. The minimum atomic E-state index is -3.97. The summed E-state index contributed by atoms with van der Waals surface area (Å²) < 4.78 is 42.9. The third-order valence-corrected chi connectivity index (χ3v) is 12.7. The minimum absolute atomic E-state index is 0.00180. The first-order valence-corrected chi connectivity index (χ1v) is 22.0. The molecular formula is C48H55N3O6S. The zero-order chi connectivity index (χ0) is 40.3. The fourth-order valence-electron chi connectivity index (χ4n) is 7.91. The van der Waals surface area contributed by atoms with Crippen LogP contribution in [-0.4, -0.2) is 56.1 Å². The first-order chi connectivity index (χ1) is 28.2. The third kappa shape index (κ3) is 11.1. The molecule has 304 valence electrons. The third-order valence-electron chi connectivity index (χ3n) is 11.2. The molecule has 10 heteroatoms. The van der Waals surface area contributed by atoms with E-state index in [1.165, 1.54) is 32.1 Å². The van der Waals surface area contributed by atoms with Crippen LogP contribution in [-0.2, 0) is 43.9 Å². The molecule has 9 nitrogen and oxygen atoms in total. The Morgan fingerprint density at radius 1 is 0.759 bits per heavy atom. The summed E-state index contributed by atoms with van der Waals surface area (Å²) in [7, 11) is -3.97. The van der Waals surface area contributed by atoms with E-state index in [4.69, 9.17) is 9.47 Å². The number of sulfonamides is 1. The van der Waals surface area contributed by atoms with E-state index in [2.05, 4.69) is 39.2 Å². The first-order valence-electron chi connectivity index (χ1n) is 20.6. The largest absolute Gasteiger partial charge is 0.392 e. The summed E-state index contributed by atoms with van der Waals surface area (Å²) in [4.78, 5) is 16.5. The standard InChI is InChI=1S/C48H55N3O6S/c1-35-16-26-43(27-17-35)58(54,55)50-45(30-36-12-6-5-7-13-36)47(53)49-32-41-14-8-9-15-44(41)38-22-24-40(25-23-38)48-56-42(33-51-28-10-3-2-4-11-29-51)31-46(57-48)39-20-18-37(34-52)19-21-39/h5-9,12-27,42,45-46,48,50,52H,2-4,10-11,28-34H2,1H3,(H,49,53). The normalized spacial score (nSPS) is 19.8. The van der Waals surface area contributed by atoms with Gasteiger partial charge in [-0.3, -0.25) is 4.79 Å². The van der Waals surface area contributed by atoms with Crippen molar-refractivity contribution in [3.63, 3.8) is 0 Å². The predicted molar refractivity (Wildman–Crippen MR) is 227 cm³/mol. The number of hydrogen-bond donors (Lipinski definition) is 3. The highest BCUT2D eigenvalue weighted by molar-refractivity contribution is 7.89. The number of rotatable bonds is 14. The number of nitrogens with one attached hydrogen (secondary N) is 2. The number of benzene rings is 5. The number of hydrogen-bond acceptors (Lipinski definition) is 7. The van der Waals surface area contributed by atoms with Crippen LogP contribution < -0.4 is 10.0 Å². The molecular weight excluding hydrogens is 747 g/mol. The van der Waals surface area contributed by atoms with Crippen molar-refractivity contribution in [1.29, 1.82) is 0 Å². The monoisotopic (exact) mass is 801 g/mol. The predicted octanol–water partition coefficient (Wildman–Crippen LogP) is 8.17. The highest BCUT2D eigenvalue weighted by Crippen LogP contribution is 2.39. The van der Waals surface area contributed by atoms with Gasteiger partial charge >= 0.3 is 0 Å². The lowest BCUT2D eigenvalue weighted by atomic mass is 9.97. The number of likely N-dealkylation sites (tertiary alicyclic amines) is 1. The van der Waals surface area contributed by atoms with Gasteiger partial charge in [0.05, 0.1) is 23.7 Å². The molecule has 58 heavy (non-hydrogen) atoms. The lowest BCUT2D eigenvalue weighted by Crippen LogP contribution is -2.47. The zero-order valence-corrected chi connectivity index (χ0v) is 34.1. The van der Waals surface area contributed by atoms with Gasteiger partial charge in [0.1, 0.15) is 6.04 Å². The van der Waals surface area contributed by atoms with Gasteiger partial charge in [-0.25, -0.2) is 8.42 Å². The van der Waals surface area contributed by atoms with E-state index in [0.29, 0.717) is 0 Å². The van der Waals surface area contributed by atoms with E-state index >= 15 is 0 Å². The van der Waals surface area contributed by atoms with E-state index in [-0.39, 0.29) is 36.7 Å². The molecule has 2 aliphatic rings. The van der Waals surface area contributed by atoms with Crippen molar-refractivity contribution in [3.05, 3.63) is 161 Å². The van der Waals surface area contributed by atoms with Gasteiger partial charge in [0, 0.05) is 25.1 Å². The number of aryl methyl sites for hydroxylation is 1. The molecule has 0 radical (unpaired) electrons.